The molecule has 1 fully saturated rings. The number of hydrogen-bond acceptors (Lipinski definition) is 3. The van der Waals surface area contributed by atoms with Crippen molar-refractivity contribution < 1.29 is 5.11 Å². The maximum atomic E-state index is 10.2. The summed E-state index contributed by atoms with van der Waals surface area (Å²) >= 11 is 0. The Kier molecular flexibility index (Phi) is 3.93. The molecule has 0 bridgehead atoms. The lowest BCUT2D eigenvalue weighted by Crippen LogP contribution is -2.14. The van der Waals surface area contributed by atoms with Crippen LogP contribution in [0.4, 0.5) is 0 Å². The zero-order valence-corrected chi connectivity index (χ0v) is 13.9. The summed E-state index contributed by atoms with van der Waals surface area (Å²) in [5.41, 5.74) is 2.80. The highest BCUT2D eigenvalue weighted by atomic mass is 16.3. The molecular weight excluding hydrogens is 296 g/mol. The molecule has 0 radical (unpaired) electrons. The number of phenols is 1. The summed E-state index contributed by atoms with van der Waals surface area (Å²) in [6.45, 7) is 2.33. The Balaban J connectivity index is 1.90. The number of para-hydroxylation sites is 2. The van der Waals surface area contributed by atoms with Crippen LogP contribution in [0.15, 0.2) is 48.5 Å². The zero-order valence-electron chi connectivity index (χ0n) is 13.9. The van der Waals surface area contributed by atoms with E-state index in [2.05, 4.69) is 19.1 Å². The summed E-state index contributed by atoms with van der Waals surface area (Å²) in [6.07, 6.45) is 4.94. The Morgan fingerprint density at radius 3 is 2.58 bits per heavy atom. The van der Waals surface area contributed by atoms with Crippen LogP contribution in [0.5, 0.6) is 5.75 Å². The third kappa shape index (κ3) is 2.75. The molecule has 2 unspecified atom stereocenters. The number of hydrogen-bond donors (Lipinski definition) is 1. The molecule has 3 aromatic rings. The molecule has 1 saturated carbocycles. The fourth-order valence-electron chi connectivity index (χ4n) is 3.88. The molecular formula is C21H22N2O. The first-order chi connectivity index (χ1) is 11.7. The van der Waals surface area contributed by atoms with Crippen LogP contribution in [0.3, 0.4) is 0 Å². The van der Waals surface area contributed by atoms with Crippen molar-refractivity contribution in [3.8, 4) is 17.1 Å². The predicted molar refractivity (Wildman–Crippen MR) is 97.0 cm³/mol. The van der Waals surface area contributed by atoms with Gasteiger partial charge in [-0.25, -0.2) is 9.97 Å². The van der Waals surface area contributed by atoms with Gasteiger partial charge in [-0.2, -0.15) is 0 Å². The SMILES string of the molecule is CC1CCCC(c2nc(-c3ccccc3O)nc3ccccc23)C1. The van der Waals surface area contributed by atoms with Gasteiger partial charge in [0.2, 0.25) is 0 Å². The molecule has 1 aliphatic rings. The number of rotatable bonds is 2. The number of benzene rings is 2. The molecule has 3 heteroatoms. The third-order valence-electron chi connectivity index (χ3n) is 5.10. The number of nitrogens with zero attached hydrogens (tertiary/aromatic N) is 2. The molecule has 2 aromatic carbocycles. The Morgan fingerprint density at radius 1 is 0.958 bits per heavy atom. The second kappa shape index (κ2) is 6.23. The minimum absolute atomic E-state index is 0.232. The van der Waals surface area contributed by atoms with Gasteiger partial charge in [0, 0.05) is 11.3 Å². The van der Waals surface area contributed by atoms with E-state index in [0.29, 0.717) is 17.3 Å². The van der Waals surface area contributed by atoms with E-state index in [1.54, 1.807) is 6.07 Å². The lowest BCUT2D eigenvalue weighted by Gasteiger charge is -2.27. The minimum Gasteiger partial charge on any atom is -0.507 e. The van der Waals surface area contributed by atoms with E-state index >= 15 is 0 Å². The summed E-state index contributed by atoms with van der Waals surface area (Å²) < 4.78 is 0. The average molecular weight is 318 g/mol. The van der Waals surface area contributed by atoms with E-state index in [1.165, 1.54) is 25.7 Å². The standard InChI is InChI=1S/C21H22N2O/c1-14-7-6-8-15(13-14)20-16-9-2-4-11-18(16)22-21(23-20)17-10-3-5-12-19(17)24/h2-5,9-12,14-15,24H,6-8,13H2,1H3. The van der Waals surface area contributed by atoms with Crippen molar-refractivity contribution in [2.24, 2.45) is 5.92 Å². The van der Waals surface area contributed by atoms with Crippen LogP contribution in [-0.2, 0) is 0 Å². The normalized spacial score (nSPS) is 21.0. The van der Waals surface area contributed by atoms with E-state index in [0.717, 1.165) is 22.5 Å². The van der Waals surface area contributed by atoms with Gasteiger partial charge < -0.3 is 5.11 Å². The van der Waals surface area contributed by atoms with Gasteiger partial charge in [0.05, 0.1) is 16.8 Å². The van der Waals surface area contributed by atoms with Gasteiger partial charge in [-0.3, -0.25) is 0 Å². The first kappa shape index (κ1) is 15.1. The largest absolute Gasteiger partial charge is 0.507 e. The quantitative estimate of drug-likeness (QED) is 0.697. The van der Waals surface area contributed by atoms with E-state index in [9.17, 15) is 5.11 Å². The molecule has 24 heavy (non-hydrogen) atoms. The van der Waals surface area contributed by atoms with Gasteiger partial charge in [0.1, 0.15) is 5.75 Å². The molecule has 0 aliphatic heterocycles. The Labute approximate surface area is 142 Å². The van der Waals surface area contributed by atoms with Crippen LogP contribution in [0.25, 0.3) is 22.3 Å². The first-order valence-electron chi connectivity index (χ1n) is 8.77. The average Bonchev–Trinajstić information content (AvgIpc) is 2.61. The van der Waals surface area contributed by atoms with E-state index < -0.39 is 0 Å². The summed E-state index contributed by atoms with van der Waals surface area (Å²) in [5, 5.41) is 11.3. The fraction of sp³-hybridized carbons (Fsp3) is 0.333. The zero-order chi connectivity index (χ0) is 16.5. The molecule has 1 heterocycles. The lowest BCUT2D eigenvalue weighted by atomic mass is 9.80. The summed E-state index contributed by atoms with van der Waals surface area (Å²) in [7, 11) is 0. The lowest BCUT2D eigenvalue weighted by molar-refractivity contribution is 0.341. The molecule has 122 valence electrons. The van der Waals surface area contributed by atoms with Crippen molar-refractivity contribution in [2.45, 2.75) is 38.5 Å². The molecule has 3 nitrogen and oxygen atoms in total. The highest BCUT2D eigenvalue weighted by molar-refractivity contribution is 5.83. The number of fused-ring (bicyclic) bond motifs is 1. The second-order valence-corrected chi connectivity index (χ2v) is 6.94. The van der Waals surface area contributed by atoms with Crippen LogP contribution in [0, 0.1) is 5.92 Å². The number of phenolic OH excluding ortho intramolecular Hbond substituents is 1. The van der Waals surface area contributed by atoms with Crippen LogP contribution < -0.4 is 0 Å². The van der Waals surface area contributed by atoms with Crippen LogP contribution in [0.1, 0.15) is 44.2 Å². The van der Waals surface area contributed by atoms with Gasteiger partial charge >= 0.3 is 0 Å². The van der Waals surface area contributed by atoms with E-state index in [4.69, 9.17) is 9.97 Å². The molecule has 1 N–H and O–H groups in total. The van der Waals surface area contributed by atoms with Crippen molar-refractivity contribution in [3.05, 3.63) is 54.2 Å². The molecule has 0 saturated heterocycles. The van der Waals surface area contributed by atoms with Crippen LogP contribution >= 0.6 is 0 Å². The van der Waals surface area contributed by atoms with Gasteiger partial charge in [0.25, 0.3) is 0 Å². The van der Waals surface area contributed by atoms with Crippen molar-refractivity contribution in [1.29, 1.82) is 0 Å². The molecule has 1 aliphatic carbocycles. The first-order valence-corrected chi connectivity index (χ1v) is 8.77. The number of aromatic hydroxyl groups is 1. The minimum atomic E-state index is 0.232. The van der Waals surface area contributed by atoms with Crippen LogP contribution in [0.2, 0.25) is 0 Å². The molecule has 0 spiro atoms. The van der Waals surface area contributed by atoms with Gasteiger partial charge in [0.15, 0.2) is 5.82 Å². The second-order valence-electron chi connectivity index (χ2n) is 6.94. The van der Waals surface area contributed by atoms with Crippen molar-refractivity contribution in [2.75, 3.05) is 0 Å². The maximum absolute atomic E-state index is 10.2. The Hall–Kier alpha value is -2.42. The fourth-order valence-corrected chi connectivity index (χ4v) is 3.88. The summed E-state index contributed by atoms with van der Waals surface area (Å²) in [5.74, 6) is 2.08. The smallest absolute Gasteiger partial charge is 0.163 e. The highest BCUT2D eigenvalue weighted by Crippen LogP contribution is 2.39. The van der Waals surface area contributed by atoms with E-state index in [-0.39, 0.29) is 5.75 Å². The van der Waals surface area contributed by atoms with Crippen molar-refractivity contribution >= 4 is 10.9 Å². The van der Waals surface area contributed by atoms with Gasteiger partial charge in [-0.05, 0) is 37.0 Å². The van der Waals surface area contributed by atoms with E-state index in [1.807, 2.05) is 30.3 Å². The van der Waals surface area contributed by atoms with Crippen molar-refractivity contribution in [1.82, 2.24) is 9.97 Å². The molecule has 0 amide bonds. The van der Waals surface area contributed by atoms with Gasteiger partial charge in [-0.1, -0.05) is 50.1 Å². The molecule has 2 atom stereocenters. The maximum Gasteiger partial charge on any atom is 0.163 e. The predicted octanol–water partition coefficient (Wildman–Crippen LogP) is 5.30. The topological polar surface area (TPSA) is 46.0 Å². The van der Waals surface area contributed by atoms with Crippen LogP contribution in [-0.4, -0.2) is 15.1 Å². The molecule has 4 rings (SSSR count). The summed E-state index contributed by atoms with van der Waals surface area (Å²) in [6, 6.07) is 15.5. The van der Waals surface area contributed by atoms with Crippen molar-refractivity contribution in [3.63, 3.8) is 0 Å². The Morgan fingerprint density at radius 2 is 1.75 bits per heavy atom. The molecule has 1 aromatic heterocycles. The monoisotopic (exact) mass is 318 g/mol. The number of aromatic nitrogens is 2. The highest BCUT2D eigenvalue weighted by Gasteiger charge is 2.24. The summed E-state index contributed by atoms with van der Waals surface area (Å²) in [4.78, 5) is 9.63. The third-order valence-corrected chi connectivity index (χ3v) is 5.10. The Bertz CT molecular complexity index is 875. The van der Waals surface area contributed by atoms with Gasteiger partial charge in [-0.15, -0.1) is 0 Å².